The smallest absolute Gasteiger partial charge is 0.266 e. The van der Waals surface area contributed by atoms with Gasteiger partial charge in [-0.1, -0.05) is 0 Å². The van der Waals surface area contributed by atoms with Gasteiger partial charge in [0.1, 0.15) is 5.75 Å². The van der Waals surface area contributed by atoms with Gasteiger partial charge in [0.2, 0.25) is 10.0 Å². The van der Waals surface area contributed by atoms with Crippen molar-refractivity contribution in [1.82, 2.24) is 14.5 Å². The second-order valence-electron chi connectivity index (χ2n) is 5.65. The van der Waals surface area contributed by atoms with Gasteiger partial charge in [-0.2, -0.15) is 5.10 Å². The topological polar surface area (TPSA) is 90.3 Å². The standard InChI is InChI=1S/C16H19N3O4S/c1-23-13-4-2-12(3-5-13)15-8-9-16(20)19(18-15)11-10-17-24(21,22)14-6-7-14/h2-5,8-9,14,17H,6-7,10-11H2,1H3. The van der Waals surface area contributed by atoms with Crippen LogP contribution in [0.15, 0.2) is 41.2 Å². The molecule has 0 saturated heterocycles. The number of aromatic nitrogens is 2. The fourth-order valence-electron chi connectivity index (χ4n) is 2.31. The van der Waals surface area contributed by atoms with Crippen molar-refractivity contribution in [2.75, 3.05) is 13.7 Å². The summed E-state index contributed by atoms with van der Waals surface area (Å²) in [6, 6.07) is 10.4. The molecule has 0 unspecified atom stereocenters. The predicted molar refractivity (Wildman–Crippen MR) is 90.4 cm³/mol. The third kappa shape index (κ3) is 3.82. The molecule has 2 aromatic rings. The van der Waals surface area contributed by atoms with Gasteiger partial charge >= 0.3 is 0 Å². The summed E-state index contributed by atoms with van der Waals surface area (Å²) < 4.78 is 32.5. The van der Waals surface area contributed by atoms with Crippen LogP contribution in [0.1, 0.15) is 12.8 Å². The molecule has 0 aliphatic heterocycles. The van der Waals surface area contributed by atoms with Crippen LogP contribution in [0.2, 0.25) is 0 Å². The normalized spacial score (nSPS) is 14.5. The van der Waals surface area contributed by atoms with E-state index in [4.69, 9.17) is 4.74 Å². The maximum absolute atomic E-state index is 11.9. The van der Waals surface area contributed by atoms with E-state index in [-0.39, 0.29) is 23.9 Å². The second-order valence-corrected chi connectivity index (χ2v) is 7.69. The highest BCUT2D eigenvalue weighted by Gasteiger charge is 2.35. The summed E-state index contributed by atoms with van der Waals surface area (Å²) in [7, 11) is -1.65. The molecule has 0 amide bonds. The number of hydrogen-bond acceptors (Lipinski definition) is 5. The molecule has 0 spiro atoms. The van der Waals surface area contributed by atoms with Gasteiger partial charge in [-0.05, 0) is 43.2 Å². The fourth-order valence-corrected chi connectivity index (χ4v) is 3.68. The van der Waals surface area contributed by atoms with Crippen molar-refractivity contribution >= 4 is 10.0 Å². The van der Waals surface area contributed by atoms with Gasteiger partial charge in [0.05, 0.1) is 24.6 Å². The van der Waals surface area contributed by atoms with Crippen LogP contribution in [0.25, 0.3) is 11.3 Å². The number of benzene rings is 1. The van der Waals surface area contributed by atoms with E-state index < -0.39 is 10.0 Å². The van der Waals surface area contributed by atoms with Crippen LogP contribution in [0.3, 0.4) is 0 Å². The number of ether oxygens (including phenoxy) is 1. The molecule has 0 bridgehead atoms. The van der Waals surface area contributed by atoms with E-state index in [9.17, 15) is 13.2 Å². The number of nitrogens with one attached hydrogen (secondary N) is 1. The van der Waals surface area contributed by atoms with Crippen LogP contribution in [0.4, 0.5) is 0 Å². The van der Waals surface area contributed by atoms with Crippen molar-refractivity contribution in [2.24, 2.45) is 0 Å². The molecule has 1 saturated carbocycles. The Bertz CT molecular complexity index is 871. The molecule has 1 aliphatic rings. The molecule has 0 atom stereocenters. The summed E-state index contributed by atoms with van der Waals surface area (Å²) in [5, 5.41) is 4.04. The van der Waals surface area contributed by atoms with Crippen LogP contribution in [0, 0.1) is 0 Å². The summed E-state index contributed by atoms with van der Waals surface area (Å²) in [4.78, 5) is 11.9. The Morgan fingerprint density at radius 1 is 1.21 bits per heavy atom. The van der Waals surface area contributed by atoms with Crippen molar-refractivity contribution < 1.29 is 13.2 Å². The monoisotopic (exact) mass is 349 g/mol. The van der Waals surface area contributed by atoms with E-state index in [2.05, 4.69) is 9.82 Å². The Hall–Kier alpha value is -2.19. The Morgan fingerprint density at radius 2 is 1.92 bits per heavy atom. The Kier molecular flexibility index (Phi) is 4.68. The minimum absolute atomic E-state index is 0.151. The lowest BCUT2D eigenvalue weighted by molar-refractivity contribution is 0.415. The first-order valence-corrected chi connectivity index (χ1v) is 9.25. The zero-order valence-corrected chi connectivity index (χ0v) is 14.1. The first-order valence-electron chi connectivity index (χ1n) is 7.71. The van der Waals surface area contributed by atoms with E-state index in [1.807, 2.05) is 24.3 Å². The predicted octanol–water partition coefficient (Wildman–Crippen LogP) is 1.00. The van der Waals surface area contributed by atoms with Crippen molar-refractivity contribution in [3.8, 4) is 17.0 Å². The molecule has 1 N–H and O–H groups in total. The molecule has 1 heterocycles. The summed E-state index contributed by atoms with van der Waals surface area (Å²) in [5.41, 5.74) is 1.23. The molecule has 1 aromatic heterocycles. The summed E-state index contributed by atoms with van der Waals surface area (Å²) in [6.07, 6.45) is 1.42. The van der Waals surface area contributed by atoms with E-state index in [1.54, 1.807) is 13.2 Å². The maximum Gasteiger partial charge on any atom is 0.266 e. The van der Waals surface area contributed by atoms with Crippen molar-refractivity contribution in [3.05, 3.63) is 46.8 Å². The van der Waals surface area contributed by atoms with Crippen LogP contribution >= 0.6 is 0 Å². The Labute approximate surface area is 140 Å². The van der Waals surface area contributed by atoms with E-state index in [1.165, 1.54) is 10.7 Å². The Morgan fingerprint density at radius 3 is 2.54 bits per heavy atom. The van der Waals surface area contributed by atoms with E-state index in [0.29, 0.717) is 18.5 Å². The Balaban J connectivity index is 1.72. The van der Waals surface area contributed by atoms with Gasteiger partial charge in [-0.3, -0.25) is 4.79 Å². The summed E-state index contributed by atoms with van der Waals surface area (Å²) >= 11 is 0. The van der Waals surface area contributed by atoms with E-state index in [0.717, 1.165) is 11.3 Å². The van der Waals surface area contributed by atoms with E-state index >= 15 is 0 Å². The van der Waals surface area contributed by atoms with Crippen LogP contribution in [0.5, 0.6) is 5.75 Å². The summed E-state index contributed by atoms with van der Waals surface area (Å²) in [5.74, 6) is 0.738. The van der Waals surface area contributed by atoms with Gasteiger partial charge in [0, 0.05) is 18.2 Å². The summed E-state index contributed by atoms with van der Waals surface area (Å²) in [6.45, 7) is 0.340. The second kappa shape index (κ2) is 6.74. The molecule has 1 aliphatic carbocycles. The fraction of sp³-hybridized carbons (Fsp3) is 0.375. The highest BCUT2D eigenvalue weighted by Crippen LogP contribution is 2.27. The van der Waals surface area contributed by atoms with Crippen molar-refractivity contribution in [3.63, 3.8) is 0 Å². The van der Waals surface area contributed by atoms with Gasteiger partial charge in [0.15, 0.2) is 0 Å². The largest absolute Gasteiger partial charge is 0.497 e. The SMILES string of the molecule is COc1ccc(-c2ccc(=O)n(CCNS(=O)(=O)C3CC3)n2)cc1. The van der Waals surface area contributed by atoms with Crippen molar-refractivity contribution in [1.29, 1.82) is 0 Å². The number of rotatable bonds is 7. The quantitative estimate of drug-likeness (QED) is 0.805. The molecule has 3 rings (SSSR count). The molecule has 1 fully saturated rings. The van der Waals surface area contributed by atoms with Gasteiger partial charge in [0.25, 0.3) is 5.56 Å². The molecule has 8 heteroatoms. The molecule has 24 heavy (non-hydrogen) atoms. The first-order chi connectivity index (χ1) is 11.5. The lowest BCUT2D eigenvalue weighted by atomic mass is 10.1. The first kappa shape index (κ1) is 16.7. The number of methoxy groups -OCH3 is 1. The molecular weight excluding hydrogens is 330 g/mol. The maximum atomic E-state index is 11.9. The molecule has 0 radical (unpaired) electrons. The number of sulfonamides is 1. The van der Waals surface area contributed by atoms with Crippen molar-refractivity contribution in [2.45, 2.75) is 24.6 Å². The van der Waals surface area contributed by atoms with Gasteiger partial charge in [-0.15, -0.1) is 0 Å². The highest BCUT2D eigenvalue weighted by atomic mass is 32.2. The molecule has 7 nitrogen and oxygen atoms in total. The average Bonchev–Trinajstić information content (AvgIpc) is 3.42. The minimum Gasteiger partial charge on any atom is -0.497 e. The van der Waals surface area contributed by atoms with Gasteiger partial charge < -0.3 is 4.74 Å². The lowest BCUT2D eigenvalue weighted by Crippen LogP contribution is -2.33. The third-order valence-electron chi connectivity index (χ3n) is 3.84. The van der Waals surface area contributed by atoms with Gasteiger partial charge in [-0.25, -0.2) is 17.8 Å². The third-order valence-corrected chi connectivity index (χ3v) is 5.80. The number of hydrogen-bond donors (Lipinski definition) is 1. The average molecular weight is 349 g/mol. The van der Waals surface area contributed by atoms with Crippen LogP contribution in [-0.4, -0.2) is 37.1 Å². The minimum atomic E-state index is -3.25. The lowest BCUT2D eigenvalue weighted by Gasteiger charge is -2.09. The number of nitrogens with zero attached hydrogens (tertiary/aromatic N) is 2. The molecule has 1 aromatic carbocycles. The highest BCUT2D eigenvalue weighted by molar-refractivity contribution is 7.90. The molecule has 128 valence electrons. The zero-order chi connectivity index (χ0) is 17.2. The molecular formula is C16H19N3O4S. The zero-order valence-electron chi connectivity index (χ0n) is 13.3. The van der Waals surface area contributed by atoms with Crippen LogP contribution < -0.4 is 15.0 Å². The van der Waals surface area contributed by atoms with Crippen LogP contribution in [-0.2, 0) is 16.6 Å².